The lowest BCUT2D eigenvalue weighted by molar-refractivity contribution is -0.122. The first-order chi connectivity index (χ1) is 7.59. The molecule has 2 aliphatic rings. The van der Waals surface area contributed by atoms with E-state index in [-0.39, 0.29) is 0 Å². The Balaban J connectivity index is 1.67. The van der Waals surface area contributed by atoms with Crippen molar-refractivity contribution in [1.29, 1.82) is 0 Å². The Morgan fingerprint density at radius 3 is 2.44 bits per heavy atom. The van der Waals surface area contributed by atoms with Crippen LogP contribution in [0.1, 0.15) is 38.2 Å². The summed E-state index contributed by atoms with van der Waals surface area (Å²) in [4.78, 5) is 12.2. The molecule has 0 N–H and O–H groups in total. The van der Waals surface area contributed by atoms with Gasteiger partial charge in [0.2, 0.25) is 0 Å². The zero-order valence-electron chi connectivity index (χ0n) is 9.94. The standard InChI is InChI=1S/C15H18O/c1-15(2)9-13(15)14(16)12-8-11(12)10-6-4-3-5-7-10/h3-7,11-13H,8-9H2,1-2H3. The van der Waals surface area contributed by atoms with Crippen molar-refractivity contribution in [3.05, 3.63) is 35.9 Å². The predicted octanol–water partition coefficient (Wildman–Crippen LogP) is 3.41. The van der Waals surface area contributed by atoms with Crippen molar-refractivity contribution in [1.82, 2.24) is 0 Å². The molecular formula is C15H18O. The van der Waals surface area contributed by atoms with Crippen molar-refractivity contribution < 1.29 is 4.79 Å². The molecule has 84 valence electrons. The van der Waals surface area contributed by atoms with Crippen molar-refractivity contribution in [3.63, 3.8) is 0 Å². The Kier molecular flexibility index (Phi) is 2.01. The molecule has 1 nitrogen and oxygen atoms in total. The molecule has 0 aliphatic heterocycles. The van der Waals surface area contributed by atoms with Crippen LogP contribution in [0.3, 0.4) is 0 Å². The lowest BCUT2D eigenvalue weighted by Crippen LogP contribution is -2.09. The van der Waals surface area contributed by atoms with E-state index in [9.17, 15) is 4.79 Å². The monoisotopic (exact) mass is 214 g/mol. The summed E-state index contributed by atoms with van der Waals surface area (Å²) in [6, 6.07) is 10.5. The maximum atomic E-state index is 12.2. The van der Waals surface area contributed by atoms with Crippen molar-refractivity contribution in [2.75, 3.05) is 0 Å². The SMILES string of the molecule is CC1(C)CC1C(=O)C1CC1c1ccccc1. The average molecular weight is 214 g/mol. The van der Waals surface area contributed by atoms with Gasteiger partial charge in [0.05, 0.1) is 0 Å². The van der Waals surface area contributed by atoms with Gasteiger partial charge in [-0.2, -0.15) is 0 Å². The molecule has 2 aliphatic carbocycles. The first-order valence-electron chi connectivity index (χ1n) is 6.18. The van der Waals surface area contributed by atoms with Crippen molar-refractivity contribution in [2.24, 2.45) is 17.3 Å². The summed E-state index contributed by atoms with van der Waals surface area (Å²) in [5.41, 5.74) is 1.64. The number of ketones is 1. The Morgan fingerprint density at radius 2 is 1.88 bits per heavy atom. The van der Waals surface area contributed by atoms with Crippen LogP contribution in [-0.2, 0) is 4.79 Å². The normalized spacial score (nSPS) is 34.5. The lowest BCUT2D eigenvalue weighted by atomic mass is 10.0. The van der Waals surface area contributed by atoms with Crippen molar-refractivity contribution >= 4 is 5.78 Å². The number of Topliss-reactive ketones (excluding diaryl/α,β-unsaturated/α-hetero) is 1. The van der Waals surface area contributed by atoms with E-state index in [0.29, 0.717) is 29.0 Å². The van der Waals surface area contributed by atoms with E-state index < -0.39 is 0 Å². The van der Waals surface area contributed by atoms with E-state index in [4.69, 9.17) is 0 Å². The van der Waals surface area contributed by atoms with E-state index >= 15 is 0 Å². The molecule has 0 spiro atoms. The largest absolute Gasteiger partial charge is 0.299 e. The zero-order valence-corrected chi connectivity index (χ0v) is 9.94. The van der Waals surface area contributed by atoms with E-state index in [1.807, 2.05) is 6.07 Å². The summed E-state index contributed by atoms with van der Waals surface area (Å²) < 4.78 is 0. The van der Waals surface area contributed by atoms with Gasteiger partial charge in [0.1, 0.15) is 5.78 Å². The van der Waals surface area contributed by atoms with Gasteiger partial charge in [0.25, 0.3) is 0 Å². The summed E-state index contributed by atoms with van der Waals surface area (Å²) >= 11 is 0. The fraction of sp³-hybridized carbons (Fsp3) is 0.533. The van der Waals surface area contributed by atoms with Gasteiger partial charge in [-0.05, 0) is 29.7 Å². The van der Waals surface area contributed by atoms with Crippen LogP contribution in [0.5, 0.6) is 0 Å². The summed E-state index contributed by atoms with van der Waals surface area (Å²) in [6.07, 6.45) is 2.18. The number of carbonyl (C=O) groups excluding carboxylic acids is 1. The number of benzene rings is 1. The van der Waals surface area contributed by atoms with Crippen LogP contribution in [-0.4, -0.2) is 5.78 Å². The molecule has 0 aromatic heterocycles. The minimum absolute atomic E-state index is 0.293. The molecule has 3 rings (SSSR count). The fourth-order valence-electron chi connectivity index (χ4n) is 2.79. The van der Waals surface area contributed by atoms with Gasteiger partial charge in [0, 0.05) is 11.8 Å². The second kappa shape index (κ2) is 3.19. The van der Waals surface area contributed by atoms with Crippen molar-refractivity contribution in [2.45, 2.75) is 32.6 Å². The van der Waals surface area contributed by atoms with Crippen LogP contribution in [0.4, 0.5) is 0 Å². The summed E-state index contributed by atoms with van der Waals surface area (Å²) in [5.74, 6) is 1.73. The Morgan fingerprint density at radius 1 is 1.25 bits per heavy atom. The van der Waals surface area contributed by atoms with Crippen LogP contribution in [0.25, 0.3) is 0 Å². The molecule has 3 atom stereocenters. The first-order valence-corrected chi connectivity index (χ1v) is 6.18. The molecule has 0 bridgehead atoms. The third-order valence-electron chi connectivity index (χ3n) is 4.24. The van der Waals surface area contributed by atoms with Crippen LogP contribution in [0.15, 0.2) is 30.3 Å². The molecule has 1 aromatic rings. The molecule has 0 amide bonds. The topological polar surface area (TPSA) is 17.1 Å². The lowest BCUT2D eigenvalue weighted by Gasteiger charge is -2.02. The van der Waals surface area contributed by atoms with Gasteiger partial charge < -0.3 is 0 Å². The molecule has 2 fully saturated rings. The maximum Gasteiger partial charge on any atom is 0.140 e. The maximum absolute atomic E-state index is 12.2. The Labute approximate surface area is 96.9 Å². The Bertz CT molecular complexity index is 418. The first kappa shape index (κ1) is 10.1. The van der Waals surface area contributed by atoms with Crippen LogP contribution in [0.2, 0.25) is 0 Å². The zero-order chi connectivity index (χ0) is 11.3. The molecule has 1 heteroatoms. The van der Waals surface area contributed by atoms with Gasteiger partial charge in [-0.3, -0.25) is 4.79 Å². The highest BCUT2D eigenvalue weighted by molar-refractivity contribution is 5.90. The number of carbonyl (C=O) groups is 1. The van der Waals surface area contributed by atoms with Crippen molar-refractivity contribution in [3.8, 4) is 0 Å². The highest BCUT2D eigenvalue weighted by Gasteiger charge is 2.56. The van der Waals surface area contributed by atoms with E-state index in [1.54, 1.807) is 0 Å². The number of rotatable bonds is 3. The average Bonchev–Trinajstić information content (AvgIpc) is 3.15. The molecule has 0 saturated heterocycles. The van der Waals surface area contributed by atoms with Crippen LogP contribution < -0.4 is 0 Å². The molecule has 16 heavy (non-hydrogen) atoms. The van der Waals surface area contributed by atoms with Gasteiger partial charge >= 0.3 is 0 Å². The predicted molar refractivity (Wildman–Crippen MR) is 64.2 cm³/mol. The van der Waals surface area contributed by atoms with E-state index in [1.165, 1.54) is 5.56 Å². The molecule has 0 radical (unpaired) electrons. The minimum atomic E-state index is 0.293. The third kappa shape index (κ3) is 1.59. The summed E-state index contributed by atoms with van der Waals surface area (Å²) in [7, 11) is 0. The molecule has 1 aromatic carbocycles. The number of hydrogen-bond acceptors (Lipinski definition) is 1. The van der Waals surface area contributed by atoms with Crippen LogP contribution >= 0.6 is 0 Å². The highest BCUT2D eigenvalue weighted by atomic mass is 16.1. The summed E-state index contributed by atoms with van der Waals surface area (Å²) in [5, 5.41) is 0. The van der Waals surface area contributed by atoms with Gasteiger partial charge in [0.15, 0.2) is 0 Å². The van der Waals surface area contributed by atoms with Gasteiger partial charge in [-0.25, -0.2) is 0 Å². The second-order valence-corrected chi connectivity index (χ2v) is 6.01. The van der Waals surface area contributed by atoms with E-state index in [0.717, 1.165) is 12.8 Å². The molecular weight excluding hydrogens is 196 g/mol. The number of hydrogen-bond donors (Lipinski definition) is 0. The quantitative estimate of drug-likeness (QED) is 0.753. The summed E-state index contributed by atoms with van der Waals surface area (Å²) in [6.45, 7) is 4.41. The minimum Gasteiger partial charge on any atom is -0.299 e. The Hall–Kier alpha value is -1.11. The smallest absolute Gasteiger partial charge is 0.140 e. The van der Waals surface area contributed by atoms with Gasteiger partial charge in [-0.1, -0.05) is 44.2 Å². The second-order valence-electron chi connectivity index (χ2n) is 6.01. The fourth-order valence-corrected chi connectivity index (χ4v) is 2.79. The van der Waals surface area contributed by atoms with Crippen LogP contribution in [0, 0.1) is 17.3 Å². The molecule has 2 saturated carbocycles. The molecule has 3 unspecified atom stereocenters. The third-order valence-corrected chi connectivity index (χ3v) is 4.24. The van der Waals surface area contributed by atoms with E-state index in [2.05, 4.69) is 38.1 Å². The highest BCUT2D eigenvalue weighted by Crippen LogP contribution is 2.58. The molecule has 0 heterocycles. The van der Waals surface area contributed by atoms with Gasteiger partial charge in [-0.15, -0.1) is 0 Å².